The topological polar surface area (TPSA) is 69.6 Å². The fourth-order valence-electron chi connectivity index (χ4n) is 2.84. The molecule has 2 aromatic heterocycles. The molecule has 8 heteroatoms. The van der Waals surface area contributed by atoms with Crippen molar-refractivity contribution < 1.29 is 4.52 Å². The Bertz CT molecular complexity index is 1060. The maximum absolute atomic E-state index is 6.20. The third-order valence-corrected chi connectivity index (χ3v) is 5.51. The molecule has 28 heavy (non-hydrogen) atoms. The highest BCUT2D eigenvalue weighted by atomic mass is 35.5. The second-order valence-electron chi connectivity index (χ2n) is 6.09. The highest BCUT2D eigenvalue weighted by Crippen LogP contribution is 2.27. The maximum atomic E-state index is 6.20. The van der Waals surface area contributed by atoms with Crippen molar-refractivity contribution in [2.45, 2.75) is 30.8 Å². The van der Waals surface area contributed by atoms with Crippen LogP contribution in [0.1, 0.15) is 24.1 Å². The minimum Gasteiger partial charge on any atom is -0.334 e. The first-order chi connectivity index (χ1) is 13.7. The van der Waals surface area contributed by atoms with Gasteiger partial charge in [-0.3, -0.25) is 0 Å². The van der Waals surface area contributed by atoms with Crippen LogP contribution >= 0.6 is 23.4 Å². The lowest BCUT2D eigenvalue weighted by molar-refractivity contribution is 0.425. The molecule has 2 aromatic carbocycles. The van der Waals surface area contributed by atoms with Gasteiger partial charge in [0.1, 0.15) is 5.82 Å². The SMILES string of the molecule is CCn1c(Cc2ccccc2)nnc1SCc1noc(-c2ccccc2Cl)n1. The van der Waals surface area contributed by atoms with Crippen molar-refractivity contribution >= 4 is 23.4 Å². The fraction of sp³-hybridized carbons (Fsp3) is 0.200. The first kappa shape index (κ1) is 18.7. The quantitative estimate of drug-likeness (QED) is 0.403. The molecule has 6 nitrogen and oxygen atoms in total. The summed E-state index contributed by atoms with van der Waals surface area (Å²) in [6.45, 7) is 2.89. The van der Waals surface area contributed by atoms with Crippen molar-refractivity contribution in [3.05, 3.63) is 76.8 Å². The molecule has 0 amide bonds. The van der Waals surface area contributed by atoms with Crippen LogP contribution in [-0.2, 0) is 18.7 Å². The van der Waals surface area contributed by atoms with Crippen molar-refractivity contribution in [1.82, 2.24) is 24.9 Å². The van der Waals surface area contributed by atoms with Gasteiger partial charge in [0.15, 0.2) is 11.0 Å². The van der Waals surface area contributed by atoms with E-state index in [1.165, 1.54) is 5.56 Å². The van der Waals surface area contributed by atoms with Gasteiger partial charge in [0, 0.05) is 13.0 Å². The highest BCUT2D eigenvalue weighted by molar-refractivity contribution is 7.98. The first-order valence-corrected chi connectivity index (χ1v) is 10.3. The van der Waals surface area contributed by atoms with E-state index in [0.29, 0.717) is 22.5 Å². The Kier molecular flexibility index (Phi) is 5.73. The Labute approximate surface area is 172 Å². The predicted molar refractivity (Wildman–Crippen MR) is 109 cm³/mol. The molecule has 0 spiro atoms. The average molecular weight is 412 g/mol. The maximum Gasteiger partial charge on any atom is 0.259 e. The van der Waals surface area contributed by atoms with E-state index >= 15 is 0 Å². The number of hydrogen-bond acceptors (Lipinski definition) is 6. The van der Waals surface area contributed by atoms with Gasteiger partial charge in [0.05, 0.1) is 16.3 Å². The Morgan fingerprint density at radius 1 is 1.04 bits per heavy atom. The van der Waals surface area contributed by atoms with Crippen LogP contribution in [0.25, 0.3) is 11.5 Å². The van der Waals surface area contributed by atoms with Crippen molar-refractivity contribution in [1.29, 1.82) is 0 Å². The largest absolute Gasteiger partial charge is 0.334 e. The smallest absolute Gasteiger partial charge is 0.259 e. The standard InChI is InChI=1S/C20H18ClN5OS/c1-2-26-18(12-14-8-4-3-5-9-14)23-24-20(26)28-13-17-22-19(27-25-17)15-10-6-7-11-16(15)21/h3-11H,2,12-13H2,1H3. The number of rotatable bonds is 7. The number of aromatic nitrogens is 5. The second-order valence-corrected chi connectivity index (χ2v) is 7.44. The van der Waals surface area contributed by atoms with Crippen LogP contribution in [0.3, 0.4) is 0 Å². The molecule has 0 aliphatic carbocycles. The normalized spacial score (nSPS) is 11.1. The number of benzene rings is 2. The summed E-state index contributed by atoms with van der Waals surface area (Å²) in [6.07, 6.45) is 0.751. The van der Waals surface area contributed by atoms with Crippen molar-refractivity contribution in [2.24, 2.45) is 0 Å². The van der Waals surface area contributed by atoms with E-state index in [9.17, 15) is 0 Å². The van der Waals surface area contributed by atoms with Gasteiger partial charge >= 0.3 is 0 Å². The van der Waals surface area contributed by atoms with E-state index < -0.39 is 0 Å². The van der Waals surface area contributed by atoms with Crippen molar-refractivity contribution in [3.63, 3.8) is 0 Å². The van der Waals surface area contributed by atoms with E-state index in [2.05, 4.69) is 44.0 Å². The number of hydrogen-bond donors (Lipinski definition) is 0. The summed E-state index contributed by atoms with van der Waals surface area (Å²) in [5.74, 6) is 2.50. The van der Waals surface area contributed by atoms with Gasteiger partial charge in [-0.25, -0.2) is 0 Å². The predicted octanol–water partition coefficient (Wildman–Crippen LogP) is 4.88. The third kappa shape index (κ3) is 4.10. The minimum atomic E-state index is 0.419. The molecule has 0 saturated heterocycles. The Morgan fingerprint density at radius 2 is 1.82 bits per heavy atom. The molecule has 2 heterocycles. The van der Waals surface area contributed by atoms with Crippen LogP contribution in [0.5, 0.6) is 0 Å². The molecule has 142 valence electrons. The van der Waals surface area contributed by atoms with Crippen LogP contribution in [0.4, 0.5) is 0 Å². The highest BCUT2D eigenvalue weighted by Gasteiger charge is 2.15. The summed E-state index contributed by atoms with van der Waals surface area (Å²) in [5, 5.41) is 14.2. The Balaban J connectivity index is 1.46. The molecule has 4 rings (SSSR count). The van der Waals surface area contributed by atoms with E-state index in [1.54, 1.807) is 17.8 Å². The van der Waals surface area contributed by atoms with Gasteiger partial charge in [-0.15, -0.1) is 10.2 Å². The molecule has 0 N–H and O–H groups in total. The molecule has 0 aliphatic heterocycles. The molecule has 0 unspecified atom stereocenters. The summed E-state index contributed by atoms with van der Waals surface area (Å²) in [6, 6.07) is 17.7. The average Bonchev–Trinajstić information content (AvgIpc) is 3.34. The van der Waals surface area contributed by atoms with Gasteiger partial charge in [0.2, 0.25) is 0 Å². The molecule has 0 bridgehead atoms. The van der Waals surface area contributed by atoms with Crippen LogP contribution in [-0.4, -0.2) is 24.9 Å². The summed E-state index contributed by atoms with van der Waals surface area (Å²) < 4.78 is 7.48. The lowest BCUT2D eigenvalue weighted by Crippen LogP contribution is -2.04. The van der Waals surface area contributed by atoms with Crippen LogP contribution in [0, 0.1) is 0 Å². The van der Waals surface area contributed by atoms with E-state index in [4.69, 9.17) is 16.1 Å². The van der Waals surface area contributed by atoms with Gasteiger partial charge in [0.25, 0.3) is 5.89 Å². The second kappa shape index (κ2) is 8.58. The van der Waals surface area contributed by atoms with E-state index in [0.717, 1.165) is 29.5 Å². The van der Waals surface area contributed by atoms with Gasteiger partial charge in [-0.05, 0) is 24.6 Å². The van der Waals surface area contributed by atoms with Crippen molar-refractivity contribution in [3.8, 4) is 11.5 Å². The first-order valence-electron chi connectivity index (χ1n) is 8.91. The van der Waals surface area contributed by atoms with Gasteiger partial charge in [-0.1, -0.05) is 71.0 Å². The summed E-state index contributed by atoms with van der Waals surface area (Å²) >= 11 is 7.74. The summed E-state index contributed by atoms with van der Waals surface area (Å²) in [4.78, 5) is 4.45. The third-order valence-electron chi connectivity index (χ3n) is 4.22. The lowest BCUT2D eigenvalue weighted by atomic mass is 10.1. The number of thioether (sulfide) groups is 1. The lowest BCUT2D eigenvalue weighted by Gasteiger charge is -2.06. The van der Waals surface area contributed by atoms with Gasteiger partial charge < -0.3 is 9.09 Å². The van der Waals surface area contributed by atoms with E-state index in [1.807, 2.05) is 36.4 Å². The molecule has 0 radical (unpaired) electrons. The molecule has 0 saturated carbocycles. The molecule has 0 atom stereocenters. The molecular weight excluding hydrogens is 394 g/mol. The summed E-state index contributed by atoms with van der Waals surface area (Å²) in [5.41, 5.74) is 1.94. The summed E-state index contributed by atoms with van der Waals surface area (Å²) in [7, 11) is 0. The monoisotopic (exact) mass is 411 g/mol. The van der Waals surface area contributed by atoms with Crippen LogP contribution in [0.15, 0.2) is 64.3 Å². The zero-order valence-corrected chi connectivity index (χ0v) is 16.8. The Morgan fingerprint density at radius 3 is 2.61 bits per heavy atom. The molecule has 0 aliphatic rings. The zero-order chi connectivity index (χ0) is 19.3. The molecular formula is C20H18ClN5OS. The minimum absolute atomic E-state index is 0.419. The van der Waals surface area contributed by atoms with Gasteiger partial charge in [-0.2, -0.15) is 4.98 Å². The molecule has 0 fully saturated rings. The fourth-order valence-corrected chi connectivity index (χ4v) is 3.92. The molecule has 4 aromatic rings. The van der Waals surface area contributed by atoms with Crippen molar-refractivity contribution in [2.75, 3.05) is 0 Å². The number of nitrogens with zero attached hydrogens (tertiary/aromatic N) is 5. The van der Waals surface area contributed by atoms with Crippen LogP contribution in [0.2, 0.25) is 5.02 Å². The Hall–Kier alpha value is -2.64. The van der Waals surface area contributed by atoms with Crippen LogP contribution < -0.4 is 0 Å². The zero-order valence-electron chi connectivity index (χ0n) is 15.2. The van der Waals surface area contributed by atoms with E-state index in [-0.39, 0.29) is 0 Å². The number of halogens is 1.